The van der Waals surface area contributed by atoms with Gasteiger partial charge in [0.2, 0.25) is 0 Å². The molecule has 3 heteroatoms. The van der Waals surface area contributed by atoms with Crippen molar-refractivity contribution in [2.24, 2.45) is 0 Å². The van der Waals surface area contributed by atoms with Crippen LogP contribution in [0.1, 0.15) is 67.6 Å². The van der Waals surface area contributed by atoms with Gasteiger partial charge in [-0.1, -0.05) is 117 Å². The molecule has 0 spiro atoms. The van der Waals surface area contributed by atoms with Crippen LogP contribution in [0.2, 0.25) is 0 Å². The molecule has 260 valence electrons. The third-order valence-corrected chi connectivity index (χ3v) is 12.3. The zero-order chi connectivity index (χ0) is 35.6. The Balaban J connectivity index is 0.992. The Hall–Kier alpha value is -5.64. The van der Waals surface area contributed by atoms with Crippen molar-refractivity contribution in [1.82, 2.24) is 0 Å². The van der Waals surface area contributed by atoms with Gasteiger partial charge < -0.3 is 9.80 Å². The van der Waals surface area contributed by atoms with Gasteiger partial charge in [0.05, 0.1) is 0 Å². The van der Waals surface area contributed by atoms with E-state index in [0.717, 1.165) is 17.1 Å². The zero-order valence-electron chi connectivity index (χ0n) is 30.2. The molecular weight excluding hydrogens is 661 g/mol. The molecule has 1 aromatic heterocycles. The van der Waals surface area contributed by atoms with Crippen molar-refractivity contribution in [3.8, 4) is 0 Å². The van der Waals surface area contributed by atoms with Crippen molar-refractivity contribution in [2.75, 3.05) is 9.80 Å². The molecule has 8 aromatic rings. The molecule has 1 atom stereocenters. The quantitative estimate of drug-likeness (QED) is 0.148. The van der Waals surface area contributed by atoms with E-state index in [-0.39, 0.29) is 5.92 Å². The van der Waals surface area contributed by atoms with E-state index in [4.69, 9.17) is 0 Å². The lowest BCUT2D eigenvalue weighted by molar-refractivity contribution is 0.443. The maximum Gasteiger partial charge on any atom is 0.0468 e. The highest BCUT2D eigenvalue weighted by molar-refractivity contribution is 7.25. The minimum atomic E-state index is 0.247. The Morgan fingerprint density at radius 1 is 0.434 bits per heavy atom. The van der Waals surface area contributed by atoms with Gasteiger partial charge in [-0.25, -0.2) is 0 Å². The second-order valence-corrected chi connectivity index (χ2v) is 15.5. The van der Waals surface area contributed by atoms with Gasteiger partial charge >= 0.3 is 0 Å². The molecule has 0 bridgehead atoms. The number of nitrogens with zero attached hydrogens (tertiary/aromatic N) is 2. The van der Waals surface area contributed by atoms with Gasteiger partial charge in [0.25, 0.3) is 0 Å². The second kappa shape index (κ2) is 14.8. The topological polar surface area (TPSA) is 6.48 Å². The lowest BCUT2D eigenvalue weighted by atomic mass is 9.84. The molecular formula is C50H44N2S. The van der Waals surface area contributed by atoms with Gasteiger partial charge in [-0.2, -0.15) is 0 Å². The van der Waals surface area contributed by atoms with Crippen molar-refractivity contribution < 1.29 is 0 Å². The Bertz CT molecular complexity index is 2430. The molecule has 1 saturated carbocycles. The molecule has 1 aliphatic carbocycles. The van der Waals surface area contributed by atoms with Crippen LogP contribution in [0.15, 0.2) is 176 Å². The van der Waals surface area contributed by atoms with Crippen molar-refractivity contribution in [2.45, 2.75) is 50.9 Å². The molecule has 1 unspecified atom stereocenters. The van der Waals surface area contributed by atoms with Crippen LogP contribution in [0, 0.1) is 0 Å². The summed E-state index contributed by atoms with van der Waals surface area (Å²) in [6.07, 6.45) is 6.73. The number of fused-ring (bicyclic) bond motifs is 3. The van der Waals surface area contributed by atoms with Crippen LogP contribution in [0.3, 0.4) is 0 Å². The van der Waals surface area contributed by atoms with Crippen LogP contribution < -0.4 is 9.80 Å². The molecule has 0 N–H and O–H groups in total. The predicted molar refractivity (Wildman–Crippen MR) is 228 cm³/mol. The molecule has 1 aliphatic rings. The highest BCUT2D eigenvalue weighted by atomic mass is 32.1. The van der Waals surface area contributed by atoms with Crippen molar-refractivity contribution in [1.29, 1.82) is 0 Å². The number of hydrogen-bond donors (Lipinski definition) is 0. The molecule has 0 amide bonds. The molecule has 0 radical (unpaired) electrons. The van der Waals surface area contributed by atoms with E-state index < -0.39 is 0 Å². The number of hydrogen-bond acceptors (Lipinski definition) is 3. The van der Waals surface area contributed by atoms with E-state index >= 15 is 0 Å². The van der Waals surface area contributed by atoms with E-state index in [0.29, 0.717) is 5.92 Å². The van der Waals surface area contributed by atoms with Crippen molar-refractivity contribution in [3.05, 3.63) is 193 Å². The number of benzene rings is 7. The molecule has 53 heavy (non-hydrogen) atoms. The van der Waals surface area contributed by atoms with Crippen LogP contribution in [-0.2, 0) is 0 Å². The first kappa shape index (κ1) is 33.2. The number of thiophene rings is 1. The minimum Gasteiger partial charge on any atom is -0.311 e. The summed E-state index contributed by atoms with van der Waals surface area (Å²) < 4.78 is 2.64. The highest BCUT2D eigenvalue weighted by Crippen LogP contribution is 2.42. The van der Waals surface area contributed by atoms with Crippen LogP contribution in [0.5, 0.6) is 0 Å². The summed E-state index contributed by atoms with van der Waals surface area (Å²) in [6.45, 7) is 2.31. The first-order valence-corrected chi connectivity index (χ1v) is 19.9. The lowest BCUT2D eigenvalue weighted by Gasteiger charge is -2.27. The van der Waals surface area contributed by atoms with E-state index in [2.05, 4.69) is 193 Å². The monoisotopic (exact) mass is 704 g/mol. The summed E-state index contributed by atoms with van der Waals surface area (Å²) in [5.74, 6) is 0.951. The molecule has 0 aliphatic heterocycles. The Kier molecular flexibility index (Phi) is 9.26. The Morgan fingerprint density at radius 2 is 0.887 bits per heavy atom. The number of anilines is 6. The molecule has 9 rings (SSSR count). The largest absolute Gasteiger partial charge is 0.311 e. The predicted octanol–water partition coefficient (Wildman–Crippen LogP) is 15.2. The SMILES string of the molecule is CC(c1ccc(N(c2ccccc2)c2ccc(C3CCCCC3)cc2)cc1)c1ccc(N(c2ccccc2)c2ccc3sc4ccccc4c3c2)cc1. The van der Waals surface area contributed by atoms with Crippen LogP contribution >= 0.6 is 11.3 Å². The second-order valence-electron chi connectivity index (χ2n) is 14.5. The third kappa shape index (κ3) is 6.74. The van der Waals surface area contributed by atoms with Crippen molar-refractivity contribution >= 4 is 65.6 Å². The van der Waals surface area contributed by atoms with Crippen molar-refractivity contribution in [3.63, 3.8) is 0 Å². The first-order chi connectivity index (χ1) is 26.2. The maximum absolute atomic E-state index is 2.38. The fourth-order valence-corrected chi connectivity index (χ4v) is 9.34. The molecule has 2 nitrogen and oxygen atoms in total. The summed E-state index contributed by atoms with van der Waals surface area (Å²) in [5.41, 5.74) is 11.1. The van der Waals surface area contributed by atoms with E-state index in [9.17, 15) is 0 Å². The fourth-order valence-electron chi connectivity index (χ4n) is 8.25. The summed E-state index contributed by atoms with van der Waals surface area (Å²) >= 11 is 1.86. The molecule has 1 fully saturated rings. The fraction of sp³-hybridized carbons (Fsp3) is 0.160. The molecule has 7 aromatic carbocycles. The molecule has 1 heterocycles. The van der Waals surface area contributed by atoms with E-state index in [1.165, 1.54) is 86.0 Å². The van der Waals surface area contributed by atoms with Crippen LogP contribution in [0.4, 0.5) is 34.1 Å². The minimum absolute atomic E-state index is 0.247. The number of rotatable bonds is 9. The normalized spacial score (nSPS) is 14.0. The average Bonchev–Trinajstić information content (AvgIpc) is 3.61. The van der Waals surface area contributed by atoms with Gasteiger partial charge in [0, 0.05) is 60.2 Å². The van der Waals surface area contributed by atoms with Crippen LogP contribution in [-0.4, -0.2) is 0 Å². The van der Waals surface area contributed by atoms with Crippen LogP contribution in [0.25, 0.3) is 20.2 Å². The maximum atomic E-state index is 2.38. The smallest absolute Gasteiger partial charge is 0.0468 e. The standard InChI is InChI=1S/C50H44N2S/c1-36(37-21-27-43(28-22-37)51(41-15-7-3-8-16-41)44-31-25-40(26-32-44)39-13-5-2-6-14-39)38-23-29-45(30-24-38)52(42-17-9-4-10-18-42)46-33-34-50-48(35-46)47-19-11-12-20-49(47)53-50/h3-4,7-12,15-36,39H,2,5-6,13-14H2,1H3. The molecule has 0 saturated heterocycles. The summed E-state index contributed by atoms with van der Waals surface area (Å²) in [5, 5.41) is 2.62. The number of para-hydroxylation sites is 2. The van der Waals surface area contributed by atoms with Gasteiger partial charge in [-0.3, -0.25) is 0 Å². The summed E-state index contributed by atoms with van der Waals surface area (Å²) in [7, 11) is 0. The van der Waals surface area contributed by atoms with E-state index in [1.54, 1.807) is 0 Å². The van der Waals surface area contributed by atoms with Gasteiger partial charge in [0.15, 0.2) is 0 Å². The lowest BCUT2D eigenvalue weighted by Crippen LogP contribution is -2.11. The van der Waals surface area contributed by atoms with Gasteiger partial charge in [-0.05, 0) is 120 Å². The van der Waals surface area contributed by atoms with Gasteiger partial charge in [0.1, 0.15) is 0 Å². The highest BCUT2D eigenvalue weighted by Gasteiger charge is 2.19. The van der Waals surface area contributed by atoms with E-state index in [1.807, 2.05) is 11.3 Å². The zero-order valence-corrected chi connectivity index (χ0v) is 31.1. The summed E-state index contributed by atoms with van der Waals surface area (Å²) in [4.78, 5) is 4.75. The third-order valence-electron chi connectivity index (χ3n) is 11.2. The van der Waals surface area contributed by atoms with Gasteiger partial charge in [-0.15, -0.1) is 11.3 Å². The average molecular weight is 705 g/mol. The Morgan fingerprint density at radius 3 is 1.47 bits per heavy atom. The Labute approximate surface area is 317 Å². The first-order valence-electron chi connectivity index (χ1n) is 19.1. The summed E-state index contributed by atoms with van der Waals surface area (Å²) in [6, 6.07) is 64.7.